The van der Waals surface area contributed by atoms with Gasteiger partial charge in [-0.15, -0.1) is 0 Å². The van der Waals surface area contributed by atoms with Crippen LogP contribution in [0.2, 0.25) is 0 Å². The Labute approximate surface area is 136 Å². The number of carbonyl (C=O) groups is 3. The van der Waals surface area contributed by atoms with E-state index in [0.29, 0.717) is 4.90 Å². The number of urea groups is 1. The predicted molar refractivity (Wildman–Crippen MR) is 69.0 cm³/mol. The van der Waals surface area contributed by atoms with E-state index in [4.69, 9.17) is 4.55 Å². The van der Waals surface area contributed by atoms with Crippen LogP contribution in [0.15, 0.2) is 29.2 Å². The second kappa shape index (κ2) is 6.02. The predicted octanol–water partition coefficient (Wildman–Crippen LogP) is -0.742. The number of rotatable bonds is 2. The van der Waals surface area contributed by atoms with Crippen LogP contribution in [0.5, 0.6) is 0 Å². The van der Waals surface area contributed by atoms with Crippen LogP contribution in [-0.2, 0) is 19.7 Å². The Kier molecular flexibility index (Phi) is 5.05. The minimum absolute atomic E-state index is 0. The molecule has 1 heterocycles. The Balaban J connectivity index is 0.00000200. The number of carbonyl (C=O) groups excluding carboxylic acids is 3. The summed E-state index contributed by atoms with van der Waals surface area (Å²) >= 11 is 0. The molecule has 0 aliphatic carbocycles. The van der Waals surface area contributed by atoms with Crippen molar-refractivity contribution in [1.29, 1.82) is 0 Å². The number of benzene rings is 1. The quantitative estimate of drug-likeness (QED) is 0.421. The van der Waals surface area contributed by atoms with Crippen LogP contribution in [0.3, 0.4) is 0 Å². The number of hydrogen-bond donors (Lipinski definition) is 2. The van der Waals surface area contributed by atoms with Gasteiger partial charge in [0.1, 0.15) is 6.42 Å². The van der Waals surface area contributed by atoms with Crippen molar-refractivity contribution in [3.63, 3.8) is 0 Å². The summed E-state index contributed by atoms with van der Waals surface area (Å²) in [4.78, 5) is 34.3. The average Bonchev–Trinajstić information content (AvgIpc) is 2.26. The monoisotopic (exact) mass is 308 g/mol. The number of amides is 4. The molecule has 0 bridgehead atoms. The number of nitrogens with zero attached hydrogens (tertiary/aromatic N) is 1. The summed E-state index contributed by atoms with van der Waals surface area (Å²) in [5.74, 6) is -1.50. The van der Waals surface area contributed by atoms with Crippen LogP contribution in [0.25, 0.3) is 0 Å². The molecule has 4 amide bonds. The summed E-state index contributed by atoms with van der Waals surface area (Å²) in [5, 5.41) is 1.93. The van der Waals surface area contributed by atoms with Gasteiger partial charge in [0.15, 0.2) is 0 Å². The Morgan fingerprint density at radius 3 is 2.40 bits per heavy atom. The fourth-order valence-corrected chi connectivity index (χ4v) is 2.11. The summed E-state index contributed by atoms with van der Waals surface area (Å²) in [6.07, 6.45) is -0.512. The number of nitrogens with one attached hydrogen (secondary N) is 1. The molecule has 1 aliphatic rings. The van der Waals surface area contributed by atoms with E-state index < -0.39 is 39.3 Å². The van der Waals surface area contributed by atoms with E-state index >= 15 is 0 Å². The molecule has 1 aliphatic heterocycles. The van der Waals surface area contributed by atoms with E-state index in [0.717, 1.165) is 12.1 Å². The van der Waals surface area contributed by atoms with Gasteiger partial charge < -0.3 is 0 Å². The van der Waals surface area contributed by atoms with Gasteiger partial charge in [-0.1, -0.05) is 6.07 Å². The van der Waals surface area contributed by atoms with Gasteiger partial charge >= 0.3 is 35.6 Å². The second-order valence-electron chi connectivity index (χ2n) is 3.73. The molecule has 0 saturated carbocycles. The number of hydrogen-bond acceptors (Lipinski definition) is 5. The molecule has 0 spiro atoms. The number of imide groups is 2. The Morgan fingerprint density at radius 1 is 1.20 bits per heavy atom. The van der Waals surface area contributed by atoms with Crippen molar-refractivity contribution in [1.82, 2.24) is 5.32 Å². The summed E-state index contributed by atoms with van der Waals surface area (Å²) in [6.45, 7) is 0. The first-order valence-corrected chi connectivity index (χ1v) is 6.47. The Hall–Kier alpha value is -1.26. The first-order valence-electron chi connectivity index (χ1n) is 5.03. The summed E-state index contributed by atoms with van der Waals surface area (Å²) in [6, 6.07) is 3.67. The zero-order valence-corrected chi connectivity index (χ0v) is 10.2. The third-order valence-corrected chi connectivity index (χ3v) is 3.23. The van der Waals surface area contributed by atoms with Gasteiger partial charge in [-0.2, -0.15) is 8.42 Å². The van der Waals surface area contributed by atoms with E-state index in [9.17, 15) is 22.8 Å². The standard InChI is InChI=1S/C10H8N2O6S.Na.H/c13-8-5-9(14)12(10(15)11-8)6-2-1-3-7(4-6)19(16,17)18;;/h1-4H,5H2,(H,11,13,15)(H,16,17,18);;. The van der Waals surface area contributed by atoms with E-state index in [1.54, 1.807) is 0 Å². The van der Waals surface area contributed by atoms with Gasteiger partial charge in [0, 0.05) is 0 Å². The summed E-state index contributed by atoms with van der Waals surface area (Å²) < 4.78 is 30.9. The van der Waals surface area contributed by atoms with Gasteiger partial charge in [-0.3, -0.25) is 19.5 Å². The van der Waals surface area contributed by atoms with Crippen LogP contribution in [-0.4, -0.2) is 60.4 Å². The van der Waals surface area contributed by atoms with Crippen molar-refractivity contribution in [2.24, 2.45) is 0 Å². The normalized spacial score (nSPS) is 15.7. The third kappa shape index (κ3) is 3.44. The molecule has 102 valence electrons. The summed E-state index contributed by atoms with van der Waals surface area (Å²) in [5.41, 5.74) is -0.0508. The zero-order valence-electron chi connectivity index (χ0n) is 9.36. The maximum atomic E-state index is 11.6. The van der Waals surface area contributed by atoms with E-state index in [1.807, 2.05) is 5.32 Å². The minimum atomic E-state index is -4.45. The van der Waals surface area contributed by atoms with Crippen LogP contribution < -0.4 is 10.2 Å². The van der Waals surface area contributed by atoms with Crippen molar-refractivity contribution in [3.8, 4) is 0 Å². The van der Waals surface area contributed by atoms with Gasteiger partial charge in [-0.25, -0.2) is 9.69 Å². The molecule has 1 fully saturated rings. The average molecular weight is 308 g/mol. The zero-order chi connectivity index (χ0) is 14.2. The van der Waals surface area contributed by atoms with Crippen LogP contribution in [0.4, 0.5) is 10.5 Å². The molecule has 0 aromatic heterocycles. The second-order valence-corrected chi connectivity index (χ2v) is 5.15. The van der Waals surface area contributed by atoms with Crippen LogP contribution >= 0.6 is 0 Å². The number of barbiturate groups is 1. The molecule has 0 unspecified atom stereocenters. The molecule has 0 radical (unpaired) electrons. The van der Waals surface area contributed by atoms with Crippen molar-refractivity contribution in [3.05, 3.63) is 24.3 Å². The van der Waals surface area contributed by atoms with Crippen molar-refractivity contribution in [2.75, 3.05) is 4.90 Å². The van der Waals surface area contributed by atoms with Crippen molar-refractivity contribution in [2.45, 2.75) is 11.3 Å². The first-order chi connectivity index (χ1) is 8.79. The molecule has 1 aromatic carbocycles. The first kappa shape index (κ1) is 16.8. The molecule has 2 N–H and O–H groups in total. The molecular formula is C10H9N2NaO6S. The molecule has 1 aromatic rings. The SMILES string of the molecule is O=C1CC(=O)N(c2cccc(S(=O)(=O)O)c2)C(=O)N1.[NaH]. The number of anilines is 1. The molecule has 2 rings (SSSR count). The van der Waals surface area contributed by atoms with Gasteiger partial charge in [0.05, 0.1) is 10.6 Å². The van der Waals surface area contributed by atoms with E-state index in [2.05, 4.69) is 0 Å². The maximum absolute atomic E-state index is 11.6. The Morgan fingerprint density at radius 2 is 1.85 bits per heavy atom. The van der Waals surface area contributed by atoms with Gasteiger partial charge in [-0.05, 0) is 18.2 Å². The summed E-state index contributed by atoms with van der Waals surface area (Å²) in [7, 11) is -4.45. The fourth-order valence-electron chi connectivity index (χ4n) is 1.59. The molecule has 10 heteroatoms. The van der Waals surface area contributed by atoms with Crippen LogP contribution in [0, 0.1) is 0 Å². The third-order valence-electron chi connectivity index (χ3n) is 2.38. The van der Waals surface area contributed by atoms with Gasteiger partial charge in [0.2, 0.25) is 11.8 Å². The fraction of sp³-hybridized carbons (Fsp3) is 0.100. The van der Waals surface area contributed by atoms with Gasteiger partial charge in [0.25, 0.3) is 10.1 Å². The molecular weight excluding hydrogens is 299 g/mol. The van der Waals surface area contributed by atoms with E-state index in [1.165, 1.54) is 12.1 Å². The molecule has 0 atom stereocenters. The molecule has 20 heavy (non-hydrogen) atoms. The van der Waals surface area contributed by atoms with E-state index in [-0.39, 0.29) is 35.2 Å². The topological polar surface area (TPSA) is 121 Å². The molecule has 1 saturated heterocycles. The van der Waals surface area contributed by atoms with Crippen molar-refractivity contribution < 1.29 is 27.4 Å². The molecule has 8 nitrogen and oxygen atoms in total. The van der Waals surface area contributed by atoms with Crippen LogP contribution in [0.1, 0.15) is 6.42 Å². The Bertz CT molecular complexity index is 667. The van der Waals surface area contributed by atoms with Crippen molar-refractivity contribution >= 4 is 63.2 Å².